The van der Waals surface area contributed by atoms with Crippen molar-refractivity contribution in [2.75, 3.05) is 51.2 Å². The van der Waals surface area contributed by atoms with E-state index in [-0.39, 0.29) is 30.2 Å². The molecule has 0 aromatic heterocycles. The average Bonchev–Trinajstić information content (AvgIpc) is 2.77. The lowest BCUT2D eigenvalue weighted by atomic mass is 10.1. The number of nitrogens with zero attached hydrogens (tertiary/aromatic N) is 3. The van der Waals surface area contributed by atoms with E-state index in [9.17, 15) is 19.7 Å². The number of nitro benzene ring substituents is 1. The number of nitro groups is 1. The van der Waals surface area contributed by atoms with Crippen LogP contribution in [0.25, 0.3) is 0 Å². The van der Waals surface area contributed by atoms with Crippen molar-refractivity contribution in [3.05, 3.63) is 69.8 Å². The molecule has 1 heterocycles. The Labute approximate surface area is 174 Å². The van der Waals surface area contributed by atoms with Crippen molar-refractivity contribution in [3.8, 4) is 0 Å². The summed E-state index contributed by atoms with van der Waals surface area (Å²) in [6, 6.07) is 13.3. The van der Waals surface area contributed by atoms with Gasteiger partial charge in [0.2, 0.25) is 0 Å². The molecular weight excluding hydrogens is 386 g/mol. The summed E-state index contributed by atoms with van der Waals surface area (Å²) in [4.78, 5) is 39.6. The zero-order valence-corrected chi connectivity index (χ0v) is 16.8. The number of likely N-dealkylation sites (N-methyl/N-ethyl adjacent to an activating group) is 1. The summed E-state index contributed by atoms with van der Waals surface area (Å²) >= 11 is 0. The first-order chi connectivity index (χ1) is 14.5. The van der Waals surface area contributed by atoms with Gasteiger partial charge in [0, 0.05) is 56.5 Å². The topological polar surface area (TPSA) is 108 Å². The molecule has 1 aliphatic heterocycles. The second kappa shape index (κ2) is 9.84. The van der Waals surface area contributed by atoms with Gasteiger partial charge in [-0.25, -0.2) is 0 Å². The smallest absolute Gasteiger partial charge is 0.293 e. The van der Waals surface area contributed by atoms with Crippen LogP contribution >= 0.6 is 0 Å². The van der Waals surface area contributed by atoms with Gasteiger partial charge in [0.1, 0.15) is 5.69 Å². The van der Waals surface area contributed by atoms with Crippen LogP contribution in [0.1, 0.15) is 20.7 Å². The largest absolute Gasteiger partial charge is 0.363 e. The fraction of sp³-hybridized carbons (Fsp3) is 0.333. The predicted octanol–water partition coefficient (Wildman–Crippen LogP) is 1.51. The van der Waals surface area contributed by atoms with Gasteiger partial charge >= 0.3 is 0 Å². The highest BCUT2D eigenvalue weighted by atomic mass is 16.6. The van der Waals surface area contributed by atoms with Gasteiger partial charge in [-0.15, -0.1) is 0 Å². The van der Waals surface area contributed by atoms with Crippen LogP contribution in [0.2, 0.25) is 0 Å². The Hall–Kier alpha value is -3.46. The maximum absolute atomic E-state index is 12.4. The van der Waals surface area contributed by atoms with Gasteiger partial charge in [0.25, 0.3) is 17.5 Å². The Morgan fingerprint density at radius 1 is 0.933 bits per heavy atom. The summed E-state index contributed by atoms with van der Waals surface area (Å²) in [7, 11) is 2.02. The molecule has 0 saturated carbocycles. The number of carbonyl (C=O) groups excluding carboxylic acids is 2. The summed E-state index contributed by atoms with van der Waals surface area (Å²) < 4.78 is 0. The van der Waals surface area contributed by atoms with Gasteiger partial charge in [0.15, 0.2) is 0 Å². The maximum atomic E-state index is 12.4. The van der Waals surface area contributed by atoms with Gasteiger partial charge in [-0.3, -0.25) is 19.7 Å². The first-order valence-electron chi connectivity index (χ1n) is 9.79. The first kappa shape index (κ1) is 21.3. The second-order valence-corrected chi connectivity index (χ2v) is 7.13. The lowest BCUT2D eigenvalue weighted by Gasteiger charge is -2.33. The lowest BCUT2D eigenvalue weighted by molar-refractivity contribution is -0.384. The Morgan fingerprint density at radius 3 is 2.13 bits per heavy atom. The molecule has 9 heteroatoms. The zero-order chi connectivity index (χ0) is 21.5. The molecule has 1 aliphatic rings. The van der Waals surface area contributed by atoms with E-state index < -0.39 is 10.8 Å². The van der Waals surface area contributed by atoms with E-state index in [1.807, 2.05) is 18.0 Å². The van der Waals surface area contributed by atoms with Crippen molar-refractivity contribution < 1.29 is 14.5 Å². The predicted molar refractivity (Wildman–Crippen MR) is 114 cm³/mol. The van der Waals surface area contributed by atoms with Crippen LogP contribution in [0, 0.1) is 10.1 Å². The van der Waals surface area contributed by atoms with Crippen LogP contribution in [0.4, 0.5) is 11.4 Å². The molecule has 0 atom stereocenters. The minimum absolute atomic E-state index is 0.0791. The number of amides is 2. The monoisotopic (exact) mass is 411 g/mol. The number of nitrogens with one attached hydrogen (secondary N) is 2. The minimum Gasteiger partial charge on any atom is -0.363 e. The standard InChI is InChI=1S/C21H25N5O4/c1-24-11-13-25(14-12-24)18-8-7-17(15-19(18)26(29)30)21(28)23-10-9-22-20(27)16-5-3-2-4-6-16/h2-8,15H,9-14H2,1H3,(H,22,27)(H,23,28). The minimum atomic E-state index is -0.454. The third kappa shape index (κ3) is 5.32. The number of anilines is 1. The molecule has 2 aromatic rings. The average molecular weight is 411 g/mol. The maximum Gasteiger partial charge on any atom is 0.293 e. The van der Waals surface area contributed by atoms with Gasteiger partial charge in [-0.1, -0.05) is 18.2 Å². The number of hydrogen-bond acceptors (Lipinski definition) is 6. The fourth-order valence-electron chi connectivity index (χ4n) is 3.27. The second-order valence-electron chi connectivity index (χ2n) is 7.13. The number of hydrogen-bond donors (Lipinski definition) is 2. The third-order valence-electron chi connectivity index (χ3n) is 5.01. The van der Waals surface area contributed by atoms with E-state index in [0.29, 0.717) is 24.3 Å². The van der Waals surface area contributed by atoms with Crippen LogP contribution in [0.5, 0.6) is 0 Å². The quantitative estimate of drug-likeness (QED) is 0.406. The molecule has 2 aromatic carbocycles. The molecule has 0 aliphatic carbocycles. The molecule has 158 valence electrons. The first-order valence-corrected chi connectivity index (χ1v) is 9.79. The number of carbonyl (C=O) groups is 2. The fourth-order valence-corrected chi connectivity index (χ4v) is 3.27. The van der Waals surface area contributed by atoms with E-state index in [2.05, 4.69) is 15.5 Å². The van der Waals surface area contributed by atoms with E-state index in [0.717, 1.165) is 13.1 Å². The number of rotatable bonds is 7. The Balaban J connectivity index is 1.57. The van der Waals surface area contributed by atoms with Gasteiger partial charge in [-0.05, 0) is 31.3 Å². The van der Waals surface area contributed by atoms with Crippen molar-refractivity contribution in [1.29, 1.82) is 0 Å². The number of piperazine rings is 1. The Kier molecular flexibility index (Phi) is 6.97. The van der Waals surface area contributed by atoms with E-state index in [1.165, 1.54) is 6.07 Å². The van der Waals surface area contributed by atoms with Crippen molar-refractivity contribution in [3.63, 3.8) is 0 Å². The summed E-state index contributed by atoms with van der Waals surface area (Å²) in [5.41, 5.74) is 1.21. The van der Waals surface area contributed by atoms with Crippen LogP contribution in [0.15, 0.2) is 48.5 Å². The molecule has 0 bridgehead atoms. The van der Waals surface area contributed by atoms with Gasteiger partial charge in [0.05, 0.1) is 4.92 Å². The van der Waals surface area contributed by atoms with Crippen molar-refractivity contribution in [2.45, 2.75) is 0 Å². The highest BCUT2D eigenvalue weighted by molar-refractivity contribution is 5.96. The molecule has 0 radical (unpaired) electrons. The molecule has 0 unspecified atom stereocenters. The van der Waals surface area contributed by atoms with E-state index in [1.54, 1.807) is 36.4 Å². The van der Waals surface area contributed by atoms with Crippen LogP contribution in [-0.2, 0) is 0 Å². The van der Waals surface area contributed by atoms with Crippen molar-refractivity contribution in [1.82, 2.24) is 15.5 Å². The van der Waals surface area contributed by atoms with E-state index >= 15 is 0 Å². The molecule has 2 N–H and O–H groups in total. The Morgan fingerprint density at radius 2 is 1.53 bits per heavy atom. The van der Waals surface area contributed by atoms with Gasteiger partial charge in [-0.2, -0.15) is 0 Å². The SMILES string of the molecule is CN1CCN(c2ccc(C(=O)NCCNC(=O)c3ccccc3)cc2[N+](=O)[O-])CC1. The number of benzene rings is 2. The van der Waals surface area contributed by atoms with Gasteiger partial charge < -0.3 is 20.4 Å². The zero-order valence-electron chi connectivity index (χ0n) is 16.8. The molecule has 1 saturated heterocycles. The third-order valence-corrected chi connectivity index (χ3v) is 5.01. The summed E-state index contributed by atoms with van der Waals surface area (Å²) in [5.74, 6) is -0.644. The lowest BCUT2D eigenvalue weighted by Crippen LogP contribution is -2.44. The molecule has 3 rings (SSSR count). The summed E-state index contributed by atoms with van der Waals surface area (Å²) in [6.07, 6.45) is 0. The highest BCUT2D eigenvalue weighted by Gasteiger charge is 2.24. The molecule has 0 spiro atoms. The Bertz CT molecular complexity index is 911. The highest BCUT2D eigenvalue weighted by Crippen LogP contribution is 2.30. The molecular formula is C21H25N5O4. The molecule has 2 amide bonds. The van der Waals surface area contributed by atoms with Crippen molar-refractivity contribution >= 4 is 23.2 Å². The molecule has 30 heavy (non-hydrogen) atoms. The van der Waals surface area contributed by atoms with Crippen LogP contribution in [-0.4, -0.2) is 68.0 Å². The van der Waals surface area contributed by atoms with Crippen molar-refractivity contribution in [2.24, 2.45) is 0 Å². The normalized spacial score (nSPS) is 14.2. The van der Waals surface area contributed by atoms with Crippen LogP contribution < -0.4 is 15.5 Å². The van der Waals surface area contributed by atoms with E-state index in [4.69, 9.17) is 0 Å². The molecule has 1 fully saturated rings. The summed E-state index contributed by atoms with van der Waals surface area (Å²) in [6.45, 7) is 3.52. The summed E-state index contributed by atoms with van der Waals surface area (Å²) in [5, 5.41) is 17.0. The van der Waals surface area contributed by atoms with Crippen LogP contribution in [0.3, 0.4) is 0 Å². The molecule has 9 nitrogen and oxygen atoms in total.